The van der Waals surface area contributed by atoms with Crippen molar-refractivity contribution in [2.45, 2.75) is 25.0 Å². The summed E-state index contributed by atoms with van der Waals surface area (Å²) in [6.07, 6.45) is 3.10. The number of ether oxygens (including phenoxy) is 2. The first-order chi connectivity index (χ1) is 12.8. The Morgan fingerprint density at radius 3 is 2.85 bits per heavy atom. The van der Waals surface area contributed by atoms with Crippen LogP contribution in [0.15, 0.2) is 48.7 Å². The number of carbonyl (C=O) groups is 1. The fraction of sp³-hybridized carbons (Fsp3) is 0.316. The average Bonchev–Trinajstić information content (AvgIpc) is 3.33. The Morgan fingerprint density at radius 1 is 1.08 bits per heavy atom. The second-order valence-electron chi connectivity index (χ2n) is 6.54. The number of fused-ring (bicyclic) bond motifs is 2. The quantitative estimate of drug-likeness (QED) is 0.709. The Balaban J connectivity index is 1.41. The Bertz CT molecular complexity index is 970. The second kappa shape index (κ2) is 6.01. The molecule has 0 aliphatic carbocycles. The molecule has 1 amide bonds. The van der Waals surface area contributed by atoms with E-state index >= 15 is 0 Å². The summed E-state index contributed by atoms with van der Waals surface area (Å²) in [6, 6.07) is 13.1. The monoisotopic (exact) mass is 350 g/mol. The van der Waals surface area contributed by atoms with Crippen LogP contribution in [-0.2, 0) is 4.79 Å². The zero-order chi connectivity index (χ0) is 17.5. The van der Waals surface area contributed by atoms with Gasteiger partial charge in [0.15, 0.2) is 23.0 Å². The van der Waals surface area contributed by atoms with Crippen LogP contribution < -0.4 is 9.47 Å². The highest BCUT2D eigenvalue weighted by Crippen LogP contribution is 2.35. The van der Waals surface area contributed by atoms with Gasteiger partial charge in [0.25, 0.3) is 5.91 Å². The van der Waals surface area contributed by atoms with Gasteiger partial charge in [0, 0.05) is 12.7 Å². The highest BCUT2D eigenvalue weighted by atomic mass is 16.6. The number of pyridine rings is 1. The van der Waals surface area contributed by atoms with Crippen LogP contribution in [0, 0.1) is 0 Å². The number of rotatable bonds is 2. The van der Waals surface area contributed by atoms with Crippen LogP contribution in [0.5, 0.6) is 11.5 Å². The molecule has 7 heteroatoms. The third kappa shape index (κ3) is 2.39. The van der Waals surface area contributed by atoms with E-state index in [1.165, 1.54) is 0 Å². The normalized spacial score (nSPS) is 21.9. The summed E-state index contributed by atoms with van der Waals surface area (Å²) >= 11 is 0. The van der Waals surface area contributed by atoms with Crippen LogP contribution in [-0.4, -0.2) is 44.7 Å². The van der Waals surface area contributed by atoms with E-state index in [0.29, 0.717) is 18.0 Å². The third-order valence-corrected chi connectivity index (χ3v) is 4.96. The summed E-state index contributed by atoms with van der Waals surface area (Å²) in [6.45, 7) is 0.909. The van der Waals surface area contributed by atoms with Gasteiger partial charge in [-0.3, -0.25) is 9.20 Å². The van der Waals surface area contributed by atoms with Gasteiger partial charge in [-0.1, -0.05) is 18.2 Å². The van der Waals surface area contributed by atoms with Crippen molar-refractivity contribution in [2.75, 3.05) is 13.2 Å². The predicted octanol–water partition coefficient (Wildman–Crippen LogP) is 2.23. The largest absolute Gasteiger partial charge is 0.485 e. The molecule has 1 saturated heterocycles. The van der Waals surface area contributed by atoms with Crippen LogP contribution >= 0.6 is 0 Å². The van der Waals surface area contributed by atoms with Gasteiger partial charge in [0.05, 0.1) is 6.04 Å². The van der Waals surface area contributed by atoms with E-state index in [4.69, 9.17) is 9.47 Å². The lowest BCUT2D eigenvalue weighted by molar-refractivity contribution is -0.142. The molecule has 4 heterocycles. The lowest BCUT2D eigenvalue weighted by Gasteiger charge is -2.31. The zero-order valence-electron chi connectivity index (χ0n) is 14.1. The number of likely N-dealkylation sites (tertiary alicyclic amines) is 1. The van der Waals surface area contributed by atoms with Gasteiger partial charge in [-0.15, -0.1) is 10.2 Å². The summed E-state index contributed by atoms with van der Waals surface area (Å²) in [5.41, 5.74) is 0.785. The van der Waals surface area contributed by atoms with Gasteiger partial charge in [-0.2, -0.15) is 0 Å². The van der Waals surface area contributed by atoms with Crippen molar-refractivity contribution in [3.63, 3.8) is 0 Å². The van der Waals surface area contributed by atoms with E-state index in [1.807, 2.05) is 58.0 Å². The number of hydrogen-bond acceptors (Lipinski definition) is 5. The minimum atomic E-state index is -0.635. The number of para-hydroxylation sites is 2. The van der Waals surface area contributed by atoms with E-state index < -0.39 is 6.10 Å². The standard InChI is InChI=1S/C19H18N4O3/c24-19(16-12-25-14-7-1-2-8-15(14)26-16)22-11-5-6-13(22)18-21-20-17-9-3-4-10-23(17)18/h1-4,7-10,13,16H,5-6,11-12H2. The lowest BCUT2D eigenvalue weighted by Crippen LogP contribution is -2.46. The molecule has 5 rings (SSSR count). The van der Waals surface area contributed by atoms with Gasteiger partial charge in [-0.25, -0.2) is 0 Å². The Labute approximate surface area is 150 Å². The van der Waals surface area contributed by atoms with Crippen molar-refractivity contribution in [1.82, 2.24) is 19.5 Å². The molecule has 0 bridgehead atoms. The Kier molecular flexibility index (Phi) is 3.51. The van der Waals surface area contributed by atoms with Crippen LogP contribution in [0.2, 0.25) is 0 Å². The highest BCUT2D eigenvalue weighted by molar-refractivity contribution is 5.82. The second-order valence-corrected chi connectivity index (χ2v) is 6.54. The molecule has 0 radical (unpaired) electrons. The van der Waals surface area contributed by atoms with Crippen molar-refractivity contribution >= 4 is 11.6 Å². The van der Waals surface area contributed by atoms with Gasteiger partial charge in [-0.05, 0) is 37.1 Å². The molecule has 132 valence electrons. The molecule has 2 atom stereocenters. The molecule has 3 aromatic rings. The summed E-state index contributed by atoms with van der Waals surface area (Å²) in [7, 11) is 0. The molecule has 2 aromatic heterocycles. The minimum absolute atomic E-state index is 0.0605. The van der Waals surface area contributed by atoms with Crippen LogP contribution in [0.1, 0.15) is 24.7 Å². The summed E-state index contributed by atoms with van der Waals surface area (Å²) in [4.78, 5) is 15.0. The minimum Gasteiger partial charge on any atom is -0.485 e. The molecule has 26 heavy (non-hydrogen) atoms. The van der Waals surface area contributed by atoms with E-state index in [-0.39, 0.29) is 18.6 Å². The fourth-order valence-electron chi connectivity index (χ4n) is 3.71. The van der Waals surface area contributed by atoms with E-state index in [9.17, 15) is 4.79 Å². The molecule has 2 aliphatic heterocycles. The van der Waals surface area contributed by atoms with Crippen LogP contribution in [0.25, 0.3) is 5.65 Å². The molecular weight excluding hydrogens is 332 g/mol. The van der Waals surface area contributed by atoms with Crippen LogP contribution in [0.3, 0.4) is 0 Å². The van der Waals surface area contributed by atoms with Gasteiger partial charge < -0.3 is 14.4 Å². The summed E-state index contributed by atoms with van der Waals surface area (Å²) < 4.78 is 13.6. The predicted molar refractivity (Wildman–Crippen MR) is 93.0 cm³/mol. The van der Waals surface area contributed by atoms with E-state index in [0.717, 1.165) is 24.3 Å². The van der Waals surface area contributed by atoms with Gasteiger partial charge in [0.2, 0.25) is 6.10 Å². The fourth-order valence-corrected chi connectivity index (χ4v) is 3.71. The smallest absolute Gasteiger partial charge is 0.267 e. The summed E-state index contributed by atoms with van der Waals surface area (Å²) in [5.74, 6) is 2.03. The van der Waals surface area contributed by atoms with Crippen molar-refractivity contribution in [3.8, 4) is 11.5 Å². The van der Waals surface area contributed by atoms with E-state index in [1.54, 1.807) is 0 Å². The maximum Gasteiger partial charge on any atom is 0.267 e. The van der Waals surface area contributed by atoms with Crippen molar-refractivity contribution in [1.29, 1.82) is 0 Å². The first-order valence-corrected chi connectivity index (χ1v) is 8.80. The molecule has 2 aliphatic rings. The zero-order valence-corrected chi connectivity index (χ0v) is 14.1. The molecule has 0 N–H and O–H groups in total. The molecule has 1 aromatic carbocycles. The topological polar surface area (TPSA) is 69.0 Å². The first kappa shape index (κ1) is 15.2. The number of nitrogens with zero attached hydrogens (tertiary/aromatic N) is 4. The number of hydrogen-bond donors (Lipinski definition) is 0. The first-order valence-electron chi connectivity index (χ1n) is 8.80. The molecule has 0 spiro atoms. The Hall–Kier alpha value is -3.09. The van der Waals surface area contributed by atoms with Gasteiger partial charge in [0.1, 0.15) is 6.61 Å². The maximum atomic E-state index is 13.1. The third-order valence-electron chi connectivity index (χ3n) is 4.96. The Morgan fingerprint density at radius 2 is 1.92 bits per heavy atom. The average molecular weight is 350 g/mol. The number of benzene rings is 1. The molecule has 7 nitrogen and oxygen atoms in total. The highest BCUT2D eigenvalue weighted by Gasteiger charge is 2.39. The van der Waals surface area contributed by atoms with Crippen molar-refractivity contribution < 1.29 is 14.3 Å². The number of amides is 1. The molecule has 0 saturated carbocycles. The lowest BCUT2D eigenvalue weighted by atomic mass is 10.2. The van der Waals surface area contributed by atoms with Gasteiger partial charge >= 0.3 is 0 Å². The van der Waals surface area contributed by atoms with Crippen molar-refractivity contribution in [2.24, 2.45) is 0 Å². The van der Waals surface area contributed by atoms with Crippen LogP contribution in [0.4, 0.5) is 0 Å². The maximum absolute atomic E-state index is 13.1. The van der Waals surface area contributed by atoms with Crippen molar-refractivity contribution in [3.05, 3.63) is 54.5 Å². The molecular formula is C19H18N4O3. The number of aromatic nitrogens is 3. The molecule has 2 unspecified atom stereocenters. The number of carbonyl (C=O) groups excluding carboxylic acids is 1. The van der Waals surface area contributed by atoms with E-state index in [2.05, 4.69) is 10.2 Å². The summed E-state index contributed by atoms with van der Waals surface area (Å²) in [5, 5.41) is 8.56. The SMILES string of the molecule is O=C(C1COc2ccccc2O1)N1CCCC1c1nnc2ccccn12. The molecule has 1 fully saturated rings.